The van der Waals surface area contributed by atoms with E-state index in [2.05, 4.69) is 12.2 Å². The first kappa shape index (κ1) is 21.2. The van der Waals surface area contributed by atoms with E-state index < -0.39 is 12.6 Å². The summed E-state index contributed by atoms with van der Waals surface area (Å²) < 4.78 is 5.01. The van der Waals surface area contributed by atoms with Crippen molar-refractivity contribution in [2.24, 2.45) is 0 Å². The van der Waals surface area contributed by atoms with Crippen LogP contribution < -0.4 is 5.32 Å². The number of benzene rings is 2. The van der Waals surface area contributed by atoms with E-state index in [1.54, 1.807) is 43.3 Å². The number of aryl methyl sites for hydroxylation is 1. The van der Waals surface area contributed by atoms with Gasteiger partial charge in [-0.2, -0.15) is 0 Å². The highest BCUT2D eigenvalue weighted by Crippen LogP contribution is 2.22. The third-order valence-electron chi connectivity index (χ3n) is 4.29. The molecule has 2 N–H and O–H groups in total. The van der Waals surface area contributed by atoms with Crippen LogP contribution in [0.25, 0.3) is 0 Å². The van der Waals surface area contributed by atoms with E-state index in [0.29, 0.717) is 23.2 Å². The number of unbranched alkanes of at least 4 members (excludes halogenated alkanes) is 2. The van der Waals surface area contributed by atoms with Gasteiger partial charge in [-0.3, -0.25) is 9.59 Å². The van der Waals surface area contributed by atoms with Crippen molar-refractivity contribution in [3.8, 4) is 5.75 Å². The summed E-state index contributed by atoms with van der Waals surface area (Å²) in [4.78, 5) is 36.1. The summed E-state index contributed by atoms with van der Waals surface area (Å²) in [5.41, 5.74) is 1.55. The van der Waals surface area contributed by atoms with E-state index in [1.807, 2.05) is 0 Å². The molecule has 2 aromatic rings. The third kappa shape index (κ3) is 5.94. The number of hydrogen-bond donors (Lipinski definition) is 2. The Kier molecular flexibility index (Phi) is 7.75. The smallest absolute Gasteiger partial charge is 0.342 e. The van der Waals surface area contributed by atoms with Gasteiger partial charge in [0.25, 0.3) is 0 Å². The minimum absolute atomic E-state index is 0.0222. The molecule has 28 heavy (non-hydrogen) atoms. The fourth-order valence-corrected chi connectivity index (χ4v) is 2.61. The van der Waals surface area contributed by atoms with Crippen LogP contribution in [0.4, 0.5) is 5.69 Å². The average molecular weight is 383 g/mol. The number of Topliss-reactive ketones (excluding diaryl/α,β-unsaturated/α-hetero) is 1. The highest BCUT2D eigenvalue weighted by atomic mass is 16.5. The van der Waals surface area contributed by atoms with Gasteiger partial charge in [-0.05, 0) is 49.2 Å². The summed E-state index contributed by atoms with van der Waals surface area (Å²) in [6, 6.07) is 11.2. The van der Waals surface area contributed by atoms with Crippen LogP contribution >= 0.6 is 0 Å². The van der Waals surface area contributed by atoms with Crippen LogP contribution in [0.5, 0.6) is 5.75 Å². The standard InChI is InChI=1S/C22H25NO5/c1-3-4-5-9-20(25)23-17-12-10-16(11-13-17)19(24)14-28-22(27)18-8-6-7-15(2)21(18)26/h6-8,10-13,26H,3-5,9,14H2,1-2H3,(H,23,25). The van der Waals surface area contributed by atoms with Crippen LogP contribution in [0.3, 0.4) is 0 Å². The Morgan fingerprint density at radius 1 is 1.04 bits per heavy atom. The third-order valence-corrected chi connectivity index (χ3v) is 4.29. The number of ketones is 1. The van der Waals surface area contributed by atoms with E-state index in [9.17, 15) is 19.5 Å². The van der Waals surface area contributed by atoms with Gasteiger partial charge in [0.05, 0.1) is 0 Å². The number of carbonyl (C=O) groups excluding carboxylic acids is 3. The number of carbonyl (C=O) groups is 3. The zero-order valence-electron chi connectivity index (χ0n) is 16.2. The first-order valence-electron chi connectivity index (χ1n) is 9.31. The number of para-hydroxylation sites is 1. The van der Waals surface area contributed by atoms with Crippen molar-refractivity contribution in [3.63, 3.8) is 0 Å². The molecule has 0 aliphatic heterocycles. The number of ether oxygens (including phenoxy) is 1. The number of hydrogen-bond acceptors (Lipinski definition) is 5. The molecule has 0 heterocycles. The highest BCUT2D eigenvalue weighted by Gasteiger charge is 2.16. The molecule has 0 atom stereocenters. The minimum Gasteiger partial charge on any atom is -0.507 e. The van der Waals surface area contributed by atoms with Gasteiger partial charge in [0.1, 0.15) is 11.3 Å². The number of aromatic hydroxyl groups is 1. The lowest BCUT2D eigenvalue weighted by atomic mass is 10.1. The van der Waals surface area contributed by atoms with Gasteiger partial charge in [0, 0.05) is 17.7 Å². The van der Waals surface area contributed by atoms with E-state index in [-0.39, 0.29) is 23.0 Å². The SMILES string of the molecule is CCCCCC(=O)Nc1ccc(C(=O)COC(=O)c2cccc(C)c2O)cc1. The van der Waals surface area contributed by atoms with Gasteiger partial charge in [-0.25, -0.2) is 4.79 Å². The predicted octanol–water partition coefficient (Wildman–Crippen LogP) is 4.26. The highest BCUT2D eigenvalue weighted by molar-refractivity contribution is 6.00. The largest absolute Gasteiger partial charge is 0.507 e. The van der Waals surface area contributed by atoms with Crippen LogP contribution in [0.1, 0.15) is 58.9 Å². The second-order valence-corrected chi connectivity index (χ2v) is 6.55. The maximum Gasteiger partial charge on any atom is 0.342 e. The zero-order valence-corrected chi connectivity index (χ0v) is 16.2. The first-order chi connectivity index (χ1) is 13.4. The number of rotatable bonds is 9. The van der Waals surface area contributed by atoms with Crippen molar-refractivity contribution < 1.29 is 24.2 Å². The Balaban J connectivity index is 1.88. The Bertz CT molecular complexity index is 843. The number of anilines is 1. The average Bonchev–Trinajstić information content (AvgIpc) is 2.68. The summed E-state index contributed by atoms with van der Waals surface area (Å²) in [6.07, 6.45) is 3.38. The molecule has 6 nitrogen and oxygen atoms in total. The monoisotopic (exact) mass is 383 g/mol. The van der Waals surface area contributed by atoms with Gasteiger partial charge >= 0.3 is 5.97 Å². The van der Waals surface area contributed by atoms with Crippen LogP contribution in [-0.4, -0.2) is 29.4 Å². The molecule has 0 bridgehead atoms. The molecule has 2 rings (SSSR count). The lowest BCUT2D eigenvalue weighted by molar-refractivity contribution is -0.116. The summed E-state index contributed by atoms with van der Waals surface area (Å²) in [5.74, 6) is -1.34. The van der Waals surface area contributed by atoms with Crippen molar-refractivity contribution >= 4 is 23.3 Å². The van der Waals surface area contributed by atoms with Gasteiger partial charge in [-0.15, -0.1) is 0 Å². The maximum absolute atomic E-state index is 12.2. The number of amides is 1. The van der Waals surface area contributed by atoms with Crippen molar-refractivity contribution in [3.05, 3.63) is 59.2 Å². The van der Waals surface area contributed by atoms with Crippen molar-refractivity contribution in [2.75, 3.05) is 11.9 Å². The topological polar surface area (TPSA) is 92.7 Å². The molecule has 0 aliphatic carbocycles. The molecule has 0 aromatic heterocycles. The van der Waals surface area contributed by atoms with Gasteiger partial charge in [0.2, 0.25) is 5.91 Å². The molecule has 0 aliphatic rings. The summed E-state index contributed by atoms with van der Waals surface area (Å²) in [6.45, 7) is 3.31. The number of phenolic OH excluding ortho intramolecular Hbond substituents is 1. The summed E-state index contributed by atoms with van der Waals surface area (Å²) in [5, 5.41) is 12.7. The molecule has 0 unspecified atom stereocenters. The quantitative estimate of drug-likeness (QED) is 0.383. The normalized spacial score (nSPS) is 10.4. The van der Waals surface area contributed by atoms with Crippen LogP contribution in [0.15, 0.2) is 42.5 Å². The lowest BCUT2D eigenvalue weighted by Gasteiger charge is -2.08. The molecule has 148 valence electrons. The van der Waals surface area contributed by atoms with Crippen LogP contribution in [0.2, 0.25) is 0 Å². The zero-order chi connectivity index (χ0) is 20.5. The first-order valence-corrected chi connectivity index (χ1v) is 9.31. The van der Waals surface area contributed by atoms with Crippen molar-refractivity contribution in [2.45, 2.75) is 39.5 Å². The summed E-state index contributed by atoms with van der Waals surface area (Å²) in [7, 11) is 0. The minimum atomic E-state index is -0.759. The van der Waals surface area contributed by atoms with E-state index >= 15 is 0 Å². The molecule has 2 aromatic carbocycles. The molecule has 0 radical (unpaired) electrons. The van der Waals surface area contributed by atoms with Crippen molar-refractivity contribution in [1.82, 2.24) is 0 Å². The van der Waals surface area contributed by atoms with E-state index in [1.165, 1.54) is 6.07 Å². The molecular weight excluding hydrogens is 358 g/mol. The molecule has 0 fully saturated rings. The van der Waals surface area contributed by atoms with Gasteiger partial charge in [0.15, 0.2) is 12.4 Å². The van der Waals surface area contributed by atoms with Gasteiger partial charge in [-0.1, -0.05) is 31.9 Å². The number of nitrogens with one attached hydrogen (secondary N) is 1. The molecule has 1 amide bonds. The Morgan fingerprint density at radius 2 is 1.75 bits per heavy atom. The Labute approximate surface area is 164 Å². The maximum atomic E-state index is 12.2. The Hall–Kier alpha value is -3.15. The molecule has 0 saturated carbocycles. The molecule has 6 heteroatoms. The predicted molar refractivity (Wildman–Crippen MR) is 107 cm³/mol. The number of phenols is 1. The second-order valence-electron chi connectivity index (χ2n) is 6.55. The van der Waals surface area contributed by atoms with Crippen LogP contribution in [-0.2, 0) is 9.53 Å². The molecule has 0 spiro atoms. The number of esters is 1. The van der Waals surface area contributed by atoms with Crippen LogP contribution in [0, 0.1) is 6.92 Å². The van der Waals surface area contributed by atoms with Gasteiger partial charge < -0.3 is 15.2 Å². The second kappa shape index (κ2) is 10.3. The fourth-order valence-electron chi connectivity index (χ4n) is 2.61. The summed E-state index contributed by atoms with van der Waals surface area (Å²) >= 11 is 0. The van der Waals surface area contributed by atoms with E-state index in [0.717, 1.165) is 19.3 Å². The van der Waals surface area contributed by atoms with E-state index in [4.69, 9.17) is 4.74 Å². The Morgan fingerprint density at radius 3 is 2.43 bits per heavy atom. The molecule has 0 saturated heterocycles. The lowest BCUT2D eigenvalue weighted by Crippen LogP contribution is -2.15. The molecular formula is C22H25NO5. The van der Waals surface area contributed by atoms with Crippen molar-refractivity contribution in [1.29, 1.82) is 0 Å². The fraction of sp³-hybridized carbons (Fsp3) is 0.318.